The van der Waals surface area contributed by atoms with Gasteiger partial charge in [0.05, 0.1) is 0 Å². The van der Waals surface area contributed by atoms with Crippen molar-refractivity contribution in [1.82, 2.24) is 4.90 Å². The molecule has 1 heterocycles. The van der Waals surface area contributed by atoms with E-state index in [0.29, 0.717) is 18.1 Å². The summed E-state index contributed by atoms with van der Waals surface area (Å²) in [5.41, 5.74) is 6.59. The van der Waals surface area contributed by atoms with Crippen LogP contribution in [-0.2, 0) is 4.79 Å². The number of nitrogens with two attached hydrogens (primary N) is 1. The maximum Gasteiger partial charge on any atom is 0.322 e. The summed E-state index contributed by atoms with van der Waals surface area (Å²) in [7, 11) is 0. The summed E-state index contributed by atoms with van der Waals surface area (Å²) in [5.74, 6) is -0.848. The summed E-state index contributed by atoms with van der Waals surface area (Å²) in [4.78, 5) is 15.2. The van der Waals surface area contributed by atoms with Gasteiger partial charge in [0.15, 0.2) is 0 Å². The molecule has 19 heavy (non-hydrogen) atoms. The first-order chi connectivity index (χ1) is 9.11. The molecule has 3 N–H and O–H groups in total. The van der Waals surface area contributed by atoms with Crippen molar-refractivity contribution in [3.63, 3.8) is 0 Å². The van der Waals surface area contributed by atoms with Crippen LogP contribution in [0.2, 0.25) is 5.02 Å². The number of rotatable bonds is 4. The third kappa shape index (κ3) is 3.37. The molecular weight excluding hydrogens is 266 g/mol. The first kappa shape index (κ1) is 14.1. The lowest BCUT2D eigenvalue weighted by molar-refractivity contribution is -0.143. The van der Waals surface area contributed by atoms with Gasteiger partial charge in [-0.3, -0.25) is 9.69 Å². The molecule has 1 unspecified atom stereocenters. The largest absolute Gasteiger partial charge is 0.480 e. The van der Waals surface area contributed by atoms with E-state index >= 15 is 0 Å². The molecule has 104 valence electrons. The summed E-state index contributed by atoms with van der Waals surface area (Å²) >= 11 is 5.98. The average Bonchev–Trinajstić information content (AvgIpc) is 2.40. The Hall–Kier alpha value is -1.30. The second kappa shape index (κ2) is 6.23. The van der Waals surface area contributed by atoms with Crippen molar-refractivity contribution < 1.29 is 9.90 Å². The summed E-state index contributed by atoms with van der Waals surface area (Å²) < 4.78 is 0. The number of anilines is 1. The Morgan fingerprint density at radius 1 is 1.37 bits per heavy atom. The van der Waals surface area contributed by atoms with E-state index in [2.05, 4.69) is 4.90 Å². The highest BCUT2D eigenvalue weighted by Crippen LogP contribution is 2.21. The third-order valence-corrected chi connectivity index (χ3v) is 3.67. The Balaban J connectivity index is 1.97. The first-order valence-corrected chi connectivity index (χ1v) is 6.67. The van der Waals surface area contributed by atoms with Gasteiger partial charge in [-0.25, -0.2) is 0 Å². The Morgan fingerprint density at radius 3 is 2.58 bits per heavy atom. The van der Waals surface area contributed by atoms with Gasteiger partial charge >= 0.3 is 5.97 Å². The van der Waals surface area contributed by atoms with E-state index in [1.807, 2.05) is 29.2 Å². The van der Waals surface area contributed by atoms with Crippen LogP contribution >= 0.6 is 11.6 Å². The zero-order valence-corrected chi connectivity index (χ0v) is 11.4. The fraction of sp³-hybridized carbons (Fsp3) is 0.462. The van der Waals surface area contributed by atoms with Gasteiger partial charge in [0.2, 0.25) is 0 Å². The van der Waals surface area contributed by atoms with Crippen LogP contribution in [0.4, 0.5) is 5.69 Å². The molecule has 1 aromatic carbocycles. The highest BCUT2D eigenvalue weighted by molar-refractivity contribution is 6.30. The number of hydrogen-bond acceptors (Lipinski definition) is 4. The summed E-state index contributed by atoms with van der Waals surface area (Å²) in [5, 5.41) is 9.81. The second-order valence-corrected chi connectivity index (χ2v) is 5.03. The molecule has 0 bridgehead atoms. The standard InChI is InChI=1S/C13H18ClN3O2/c14-10-2-1-3-11(8-10)16-4-6-17(7-5-16)12(9-15)13(18)19/h1-3,8,12H,4-7,9,15H2,(H,18,19). The SMILES string of the molecule is NCC(C(=O)O)N1CCN(c2cccc(Cl)c2)CC1. The Kier molecular flexibility index (Phi) is 4.63. The fourth-order valence-corrected chi connectivity index (χ4v) is 2.56. The molecule has 5 nitrogen and oxygen atoms in total. The van der Waals surface area contributed by atoms with E-state index < -0.39 is 12.0 Å². The molecule has 0 saturated carbocycles. The van der Waals surface area contributed by atoms with E-state index in [9.17, 15) is 4.79 Å². The van der Waals surface area contributed by atoms with Crippen molar-refractivity contribution in [2.45, 2.75) is 6.04 Å². The topological polar surface area (TPSA) is 69.8 Å². The first-order valence-electron chi connectivity index (χ1n) is 6.29. The average molecular weight is 284 g/mol. The number of hydrogen-bond donors (Lipinski definition) is 2. The fourth-order valence-electron chi connectivity index (χ4n) is 2.37. The van der Waals surface area contributed by atoms with E-state index in [1.54, 1.807) is 0 Å². The Morgan fingerprint density at radius 2 is 2.05 bits per heavy atom. The van der Waals surface area contributed by atoms with Crippen LogP contribution in [0.5, 0.6) is 0 Å². The number of carboxylic acid groups (broad SMARTS) is 1. The number of carbonyl (C=O) groups is 1. The molecule has 0 spiro atoms. The number of benzene rings is 1. The summed E-state index contributed by atoms with van der Waals surface area (Å²) in [6.45, 7) is 3.10. The van der Waals surface area contributed by atoms with E-state index in [1.165, 1.54) is 0 Å². The van der Waals surface area contributed by atoms with Crippen LogP contribution < -0.4 is 10.6 Å². The van der Waals surface area contributed by atoms with Crippen LogP contribution in [0.15, 0.2) is 24.3 Å². The molecule has 1 aromatic rings. The summed E-state index contributed by atoms with van der Waals surface area (Å²) in [6.07, 6.45) is 0. The molecule has 1 saturated heterocycles. The van der Waals surface area contributed by atoms with Crippen LogP contribution in [0.1, 0.15) is 0 Å². The molecule has 0 aromatic heterocycles. The normalized spacial score (nSPS) is 18.3. The highest BCUT2D eigenvalue weighted by Gasteiger charge is 2.27. The molecule has 0 amide bonds. The molecule has 1 atom stereocenters. The minimum atomic E-state index is -0.848. The number of nitrogens with zero attached hydrogens (tertiary/aromatic N) is 2. The second-order valence-electron chi connectivity index (χ2n) is 4.59. The van der Waals surface area contributed by atoms with Crippen LogP contribution in [-0.4, -0.2) is 54.7 Å². The van der Waals surface area contributed by atoms with Gasteiger partial charge < -0.3 is 15.7 Å². The van der Waals surface area contributed by atoms with Gasteiger partial charge in [0.25, 0.3) is 0 Å². The summed E-state index contributed by atoms with van der Waals surface area (Å²) in [6, 6.07) is 7.12. The van der Waals surface area contributed by atoms with E-state index in [4.69, 9.17) is 22.4 Å². The van der Waals surface area contributed by atoms with E-state index in [-0.39, 0.29) is 6.54 Å². The van der Waals surface area contributed by atoms with Gasteiger partial charge in [-0.05, 0) is 18.2 Å². The van der Waals surface area contributed by atoms with Crippen LogP contribution in [0, 0.1) is 0 Å². The molecule has 1 aliphatic rings. The van der Waals surface area contributed by atoms with Crippen molar-refractivity contribution in [3.8, 4) is 0 Å². The lowest BCUT2D eigenvalue weighted by Gasteiger charge is -2.38. The zero-order valence-electron chi connectivity index (χ0n) is 10.6. The molecule has 6 heteroatoms. The van der Waals surface area contributed by atoms with Crippen molar-refractivity contribution in [3.05, 3.63) is 29.3 Å². The molecular formula is C13H18ClN3O2. The zero-order chi connectivity index (χ0) is 13.8. The monoisotopic (exact) mass is 283 g/mol. The maximum absolute atomic E-state index is 11.1. The Labute approximate surface area is 117 Å². The Bertz CT molecular complexity index is 447. The third-order valence-electron chi connectivity index (χ3n) is 3.44. The molecule has 0 radical (unpaired) electrons. The van der Waals surface area contributed by atoms with Crippen molar-refractivity contribution in [1.29, 1.82) is 0 Å². The predicted octanol–water partition coefficient (Wildman–Crippen LogP) is 0.874. The lowest BCUT2D eigenvalue weighted by atomic mass is 10.2. The van der Waals surface area contributed by atoms with Crippen molar-refractivity contribution in [2.24, 2.45) is 5.73 Å². The molecule has 2 rings (SSSR count). The smallest absolute Gasteiger partial charge is 0.322 e. The minimum Gasteiger partial charge on any atom is -0.480 e. The number of piperazine rings is 1. The van der Waals surface area contributed by atoms with Gasteiger partial charge in [-0.15, -0.1) is 0 Å². The molecule has 0 aliphatic carbocycles. The molecule has 1 aliphatic heterocycles. The van der Waals surface area contributed by atoms with Crippen LogP contribution in [0.25, 0.3) is 0 Å². The highest BCUT2D eigenvalue weighted by atomic mass is 35.5. The van der Waals surface area contributed by atoms with Crippen LogP contribution in [0.3, 0.4) is 0 Å². The minimum absolute atomic E-state index is 0.145. The lowest BCUT2D eigenvalue weighted by Crippen LogP contribution is -2.55. The van der Waals surface area contributed by atoms with Gasteiger partial charge in [-0.2, -0.15) is 0 Å². The van der Waals surface area contributed by atoms with Gasteiger partial charge in [0, 0.05) is 43.4 Å². The van der Waals surface area contributed by atoms with Gasteiger partial charge in [0.1, 0.15) is 6.04 Å². The number of carboxylic acids is 1. The quantitative estimate of drug-likeness (QED) is 0.858. The van der Waals surface area contributed by atoms with E-state index in [0.717, 1.165) is 18.8 Å². The van der Waals surface area contributed by atoms with Crippen molar-refractivity contribution >= 4 is 23.3 Å². The number of aliphatic carboxylic acids is 1. The number of halogens is 1. The van der Waals surface area contributed by atoms with Crippen molar-refractivity contribution in [2.75, 3.05) is 37.6 Å². The predicted molar refractivity (Wildman–Crippen MR) is 75.7 cm³/mol. The molecule has 1 fully saturated rings. The van der Waals surface area contributed by atoms with Gasteiger partial charge in [-0.1, -0.05) is 17.7 Å². The maximum atomic E-state index is 11.1.